The number of ether oxygens (including phenoxy) is 2. The lowest BCUT2D eigenvalue weighted by atomic mass is 10.0. The van der Waals surface area contributed by atoms with Gasteiger partial charge in [-0.3, -0.25) is 4.90 Å². The molecule has 0 aromatic carbocycles. The zero-order chi connectivity index (χ0) is 14.2. The van der Waals surface area contributed by atoms with Crippen LogP contribution in [-0.4, -0.2) is 74.8 Å². The van der Waals surface area contributed by atoms with Crippen LogP contribution >= 0.6 is 0 Å². The van der Waals surface area contributed by atoms with Crippen LogP contribution in [0, 0.1) is 0 Å². The highest BCUT2D eigenvalue weighted by molar-refractivity contribution is 4.86. The van der Waals surface area contributed by atoms with Crippen molar-refractivity contribution in [1.82, 2.24) is 10.2 Å². The number of methoxy groups -OCH3 is 1. The molecular formula is C15H30N2O3. The van der Waals surface area contributed by atoms with E-state index in [-0.39, 0.29) is 0 Å². The number of hydrogen-bond acceptors (Lipinski definition) is 5. The van der Waals surface area contributed by atoms with E-state index in [9.17, 15) is 5.11 Å². The second kappa shape index (κ2) is 8.95. The number of likely N-dealkylation sites (tertiary alicyclic amines) is 1. The van der Waals surface area contributed by atoms with Crippen molar-refractivity contribution in [3.05, 3.63) is 0 Å². The molecule has 2 atom stereocenters. The van der Waals surface area contributed by atoms with Gasteiger partial charge < -0.3 is 19.9 Å². The Morgan fingerprint density at radius 2 is 2.10 bits per heavy atom. The Morgan fingerprint density at radius 1 is 1.25 bits per heavy atom. The van der Waals surface area contributed by atoms with Gasteiger partial charge in [0.2, 0.25) is 0 Å². The molecule has 118 valence electrons. The largest absolute Gasteiger partial charge is 0.389 e. The van der Waals surface area contributed by atoms with E-state index < -0.39 is 6.10 Å². The Morgan fingerprint density at radius 3 is 2.85 bits per heavy atom. The number of aliphatic hydroxyl groups excluding tert-OH is 1. The fraction of sp³-hybridized carbons (Fsp3) is 1.00. The highest BCUT2D eigenvalue weighted by Gasteiger charge is 2.27. The molecule has 2 unspecified atom stereocenters. The summed E-state index contributed by atoms with van der Waals surface area (Å²) in [6.07, 6.45) is 6.08. The van der Waals surface area contributed by atoms with E-state index in [0.717, 1.165) is 25.7 Å². The summed E-state index contributed by atoms with van der Waals surface area (Å²) in [6.45, 7) is 4.45. The molecule has 0 amide bonds. The molecule has 2 N–H and O–H groups in total. The first kappa shape index (κ1) is 16.2. The normalized spacial score (nSPS) is 25.8. The SMILES string of the molecule is COCCOCC(O)CN1CCCCC1CNC1CC1. The molecule has 0 aromatic heterocycles. The van der Waals surface area contributed by atoms with Crippen LogP contribution in [0.15, 0.2) is 0 Å². The van der Waals surface area contributed by atoms with Gasteiger partial charge in [-0.2, -0.15) is 0 Å². The number of nitrogens with one attached hydrogen (secondary N) is 1. The molecule has 2 rings (SSSR count). The minimum absolute atomic E-state index is 0.395. The average Bonchev–Trinajstić information content (AvgIpc) is 3.27. The molecule has 1 aliphatic carbocycles. The number of β-amino-alcohol motifs (C(OH)–C–C–N with tert-alkyl or cyclic N) is 1. The van der Waals surface area contributed by atoms with Gasteiger partial charge in [-0.1, -0.05) is 6.42 Å². The van der Waals surface area contributed by atoms with Crippen LogP contribution in [-0.2, 0) is 9.47 Å². The van der Waals surface area contributed by atoms with Crippen LogP contribution in [0.1, 0.15) is 32.1 Å². The molecule has 20 heavy (non-hydrogen) atoms. The van der Waals surface area contributed by atoms with Crippen LogP contribution in [0.2, 0.25) is 0 Å². The van der Waals surface area contributed by atoms with Crippen molar-refractivity contribution in [3.63, 3.8) is 0 Å². The molecule has 0 radical (unpaired) electrons. The molecule has 5 nitrogen and oxygen atoms in total. The summed E-state index contributed by atoms with van der Waals surface area (Å²) in [5.74, 6) is 0. The second-order valence-electron chi connectivity index (χ2n) is 6.05. The third-order valence-electron chi connectivity index (χ3n) is 4.16. The van der Waals surface area contributed by atoms with E-state index in [2.05, 4.69) is 10.2 Å². The molecule has 1 aliphatic heterocycles. The lowest BCUT2D eigenvalue weighted by Crippen LogP contribution is -2.49. The summed E-state index contributed by atoms with van der Waals surface area (Å²) in [4.78, 5) is 2.43. The van der Waals surface area contributed by atoms with Gasteiger partial charge in [-0.25, -0.2) is 0 Å². The first-order valence-corrected chi connectivity index (χ1v) is 8.01. The Bertz CT molecular complexity index is 262. The van der Waals surface area contributed by atoms with E-state index in [0.29, 0.717) is 25.9 Å². The maximum atomic E-state index is 10.1. The lowest BCUT2D eigenvalue weighted by molar-refractivity contribution is -0.0108. The van der Waals surface area contributed by atoms with Gasteiger partial charge in [0.15, 0.2) is 0 Å². The predicted molar refractivity (Wildman–Crippen MR) is 78.9 cm³/mol. The van der Waals surface area contributed by atoms with Crippen molar-refractivity contribution in [2.45, 2.75) is 50.3 Å². The zero-order valence-electron chi connectivity index (χ0n) is 12.7. The second-order valence-corrected chi connectivity index (χ2v) is 6.05. The summed E-state index contributed by atoms with van der Waals surface area (Å²) >= 11 is 0. The van der Waals surface area contributed by atoms with Gasteiger partial charge in [-0.05, 0) is 32.2 Å². The molecule has 2 fully saturated rings. The number of hydrogen-bond donors (Lipinski definition) is 2. The van der Waals surface area contributed by atoms with Gasteiger partial charge in [0.25, 0.3) is 0 Å². The molecule has 0 aromatic rings. The van der Waals surface area contributed by atoms with E-state index in [4.69, 9.17) is 9.47 Å². The fourth-order valence-electron chi connectivity index (χ4n) is 2.81. The summed E-state index contributed by atoms with van der Waals surface area (Å²) in [5, 5.41) is 13.7. The highest BCUT2D eigenvalue weighted by atomic mass is 16.5. The molecule has 1 saturated heterocycles. The minimum atomic E-state index is -0.395. The Kier molecular flexibility index (Phi) is 7.24. The van der Waals surface area contributed by atoms with E-state index in [1.165, 1.54) is 32.1 Å². The number of aliphatic hydroxyl groups is 1. The zero-order valence-corrected chi connectivity index (χ0v) is 12.7. The summed E-state index contributed by atoms with van der Waals surface area (Å²) in [6, 6.07) is 1.35. The van der Waals surface area contributed by atoms with Crippen LogP contribution in [0.4, 0.5) is 0 Å². The van der Waals surface area contributed by atoms with E-state index >= 15 is 0 Å². The van der Waals surface area contributed by atoms with Crippen molar-refractivity contribution in [2.24, 2.45) is 0 Å². The van der Waals surface area contributed by atoms with Crippen LogP contribution in [0.25, 0.3) is 0 Å². The van der Waals surface area contributed by atoms with Crippen molar-refractivity contribution < 1.29 is 14.6 Å². The van der Waals surface area contributed by atoms with Crippen LogP contribution in [0.5, 0.6) is 0 Å². The topological polar surface area (TPSA) is 54.0 Å². The molecule has 1 heterocycles. The quantitative estimate of drug-likeness (QED) is 0.577. The Labute approximate surface area is 122 Å². The molecule has 2 aliphatic rings. The average molecular weight is 286 g/mol. The van der Waals surface area contributed by atoms with E-state index in [1.54, 1.807) is 7.11 Å². The van der Waals surface area contributed by atoms with Crippen LogP contribution in [0.3, 0.4) is 0 Å². The summed E-state index contributed by atoms with van der Waals surface area (Å²) in [7, 11) is 1.66. The maximum absolute atomic E-state index is 10.1. The van der Waals surface area contributed by atoms with Gasteiger partial charge in [0, 0.05) is 32.3 Å². The van der Waals surface area contributed by atoms with Crippen LogP contribution < -0.4 is 5.32 Å². The van der Waals surface area contributed by atoms with Crippen molar-refractivity contribution in [2.75, 3.05) is 46.6 Å². The molecule has 0 bridgehead atoms. The van der Waals surface area contributed by atoms with Gasteiger partial charge >= 0.3 is 0 Å². The molecule has 1 saturated carbocycles. The Balaban J connectivity index is 1.64. The van der Waals surface area contributed by atoms with E-state index in [1.807, 2.05) is 0 Å². The standard InChI is InChI=1S/C15H30N2O3/c1-19-8-9-20-12-15(18)11-17-7-3-2-4-14(17)10-16-13-5-6-13/h13-16,18H,2-12H2,1H3. The molecule has 0 spiro atoms. The predicted octanol–water partition coefficient (Wildman–Crippen LogP) is 0.617. The Hall–Kier alpha value is -0.200. The molecule has 5 heteroatoms. The van der Waals surface area contributed by atoms with Gasteiger partial charge in [-0.15, -0.1) is 0 Å². The number of piperidine rings is 1. The lowest BCUT2D eigenvalue weighted by Gasteiger charge is -2.37. The van der Waals surface area contributed by atoms with Crippen molar-refractivity contribution in [1.29, 1.82) is 0 Å². The molecular weight excluding hydrogens is 256 g/mol. The first-order chi connectivity index (χ1) is 9.79. The number of nitrogens with zero attached hydrogens (tertiary/aromatic N) is 1. The van der Waals surface area contributed by atoms with Crippen molar-refractivity contribution in [3.8, 4) is 0 Å². The third kappa shape index (κ3) is 6.06. The van der Waals surface area contributed by atoms with Crippen molar-refractivity contribution >= 4 is 0 Å². The smallest absolute Gasteiger partial charge is 0.0900 e. The summed E-state index contributed by atoms with van der Waals surface area (Å²) in [5.41, 5.74) is 0. The number of rotatable bonds is 10. The fourth-order valence-corrected chi connectivity index (χ4v) is 2.81. The van der Waals surface area contributed by atoms with Gasteiger partial charge in [0.1, 0.15) is 0 Å². The third-order valence-corrected chi connectivity index (χ3v) is 4.16. The maximum Gasteiger partial charge on any atom is 0.0900 e. The monoisotopic (exact) mass is 286 g/mol. The highest BCUT2D eigenvalue weighted by Crippen LogP contribution is 2.21. The van der Waals surface area contributed by atoms with Gasteiger partial charge in [0.05, 0.1) is 25.9 Å². The summed E-state index contributed by atoms with van der Waals surface area (Å²) < 4.78 is 10.3. The first-order valence-electron chi connectivity index (χ1n) is 8.01. The minimum Gasteiger partial charge on any atom is -0.389 e.